The number of nitrogens with zero attached hydrogens (tertiary/aromatic N) is 1. The Morgan fingerprint density at radius 1 is 1.16 bits per heavy atom. The van der Waals surface area contributed by atoms with Crippen LogP contribution in [0.4, 0.5) is 0 Å². The first kappa shape index (κ1) is 16.6. The summed E-state index contributed by atoms with van der Waals surface area (Å²) in [5.74, 6) is 1.40. The minimum atomic E-state index is 0.0177. The van der Waals surface area contributed by atoms with Gasteiger partial charge in [0.1, 0.15) is 5.75 Å². The average Bonchev–Trinajstić information content (AvgIpc) is 3.04. The van der Waals surface area contributed by atoms with Crippen molar-refractivity contribution in [2.75, 3.05) is 13.1 Å². The predicted octanol–water partition coefficient (Wildman–Crippen LogP) is 4.06. The van der Waals surface area contributed by atoms with Crippen molar-refractivity contribution in [1.29, 1.82) is 0 Å². The van der Waals surface area contributed by atoms with Crippen LogP contribution < -0.4 is 10.1 Å². The molecule has 3 fully saturated rings. The molecule has 2 bridgehead atoms. The van der Waals surface area contributed by atoms with Crippen LogP contribution in [0.2, 0.25) is 0 Å². The number of aryl methyl sites for hydroxylation is 1. The van der Waals surface area contributed by atoms with E-state index in [1.807, 2.05) is 36.4 Å². The largest absolute Gasteiger partial charge is 0.447 e. The van der Waals surface area contributed by atoms with Gasteiger partial charge in [0.25, 0.3) is 5.91 Å². The van der Waals surface area contributed by atoms with Crippen LogP contribution in [0.15, 0.2) is 36.4 Å². The summed E-state index contributed by atoms with van der Waals surface area (Å²) in [6.07, 6.45) is 2.39. The van der Waals surface area contributed by atoms with Crippen molar-refractivity contribution in [3.8, 4) is 10.8 Å². The molecule has 5 rings (SSSR count). The maximum absolute atomic E-state index is 12.6. The highest BCUT2D eigenvalue weighted by atomic mass is 32.1. The van der Waals surface area contributed by atoms with E-state index in [1.165, 1.54) is 30.8 Å². The summed E-state index contributed by atoms with van der Waals surface area (Å²) >= 11 is 1.62. The molecule has 2 atom stereocenters. The molecule has 3 saturated heterocycles. The third-order valence-electron chi connectivity index (χ3n) is 5.53. The molecule has 2 aromatic rings. The van der Waals surface area contributed by atoms with Crippen LogP contribution in [0.5, 0.6) is 10.8 Å². The Morgan fingerprint density at radius 2 is 1.88 bits per heavy atom. The molecule has 4 nitrogen and oxygen atoms in total. The Labute approximate surface area is 152 Å². The zero-order valence-corrected chi connectivity index (χ0v) is 15.5. The van der Waals surface area contributed by atoms with E-state index < -0.39 is 0 Å². The highest BCUT2D eigenvalue weighted by Gasteiger charge is 2.40. The van der Waals surface area contributed by atoms with Crippen LogP contribution in [0.3, 0.4) is 0 Å². The average molecular weight is 356 g/mol. The summed E-state index contributed by atoms with van der Waals surface area (Å²) in [6.45, 7) is 6.63. The standard InChI is InChI=1S/C20H24N2O2S/c1-13-3-8-18(25-13)24-17-6-4-16(5-7-17)20(23)21-19-14(2)22-11-9-15(19)10-12-22/h3-8,14-15,19H,9-12H2,1-2H3,(H,21,23)/t14-,19+/m1/s1. The van der Waals surface area contributed by atoms with Crippen LogP contribution in [-0.2, 0) is 0 Å². The lowest BCUT2D eigenvalue weighted by atomic mass is 9.79. The first-order valence-electron chi connectivity index (χ1n) is 8.99. The Hall–Kier alpha value is -1.85. The number of ether oxygens (including phenoxy) is 1. The Balaban J connectivity index is 1.40. The molecule has 1 amide bonds. The number of rotatable bonds is 4. The van der Waals surface area contributed by atoms with Crippen LogP contribution >= 0.6 is 11.3 Å². The number of carbonyl (C=O) groups excluding carboxylic acids is 1. The number of carbonyl (C=O) groups is 1. The fourth-order valence-electron chi connectivity index (χ4n) is 4.04. The highest BCUT2D eigenvalue weighted by Crippen LogP contribution is 2.32. The minimum Gasteiger partial charge on any atom is -0.447 e. The van der Waals surface area contributed by atoms with Gasteiger partial charge >= 0.3 is 0 Å². The smallest absolute Gasteiger partial charge is 0.251 e. The molecule has 25 heavy (non-hydrogen) atoms. The lowest BCUT2D eigenvalue weighted by molar-refractivity contribution is 0.0217. The number of fused-ring (bicyclic) bond motifs is 3. The van der Waals surface area contributed by atoms with E-state index >= 15 is 0 Å². The monoisotopic (exact) mass is 356 g/mol. The summed E-state index contributed by atoms with van der Waals surface area (Å²) in [4.78, 5) is 16.4. The SMILES string of the molecule is Cc1ccc(Oc2ccc(C(=O)N[C@@H]3C4CCN(CC4)[C@@H]3C)cc2)s1. The first-order valence-corrected chi connectivity index (χ1v) is 9.81. The number of hydrogen-bond donors (Lipinski definition) is 1. The number of benzene rings is 1. The van der Waals surface area contributed by atoms with Gasteiger partial charge in [-0.3, -0.25) is 9.69 Å². The first-order chi connectivity index (χ1) is 12.1. The van der Waals surface area contributed by atoms with Crippen molar-refractivity contribution in [3.63, 3.8) is 0 Å². The number of hydrogen-bond acceptors (Lipinski definition) is 4. The van der Waals surface area contributed by atoms with Gasteiger partial charge in [-0.2, -0.15) is 0 Å². The van der Waals surface area contributed by atoms with Crippen molar-refractivity contribution < 1.29 is 9.53 Å². The van der Waals surface area contributed by atoms with Gasteiger partial charge in [-0.1, -0.05) is 0 Å². The topological polar surface area (TPSA) is 41.6 Å². The second-order valence-corrected chi connectivity index (χ2v) is 8.36. The summed E-state index contributed by atoms with van der Waals surface area (Å²) in [6, 6.07) is 12.1. The van der Waals surface area contributed by atoms with Gasteiger partial charge in [0.05, 0.1) is 0 Å². The highest BCUT2D eigenvalue weighted by molar-refractivity contribution is 7.13. The second kappa shape index (κ2) is 6.81. The Kier molecular flexibility index (Phi) is 4.52. The van der Waals surface area contributed by atoms with Gasteiger partial charge in [-0.25, -0.2) is 0 Å². The van der Waals surface area contributed by atoms with Crippen molar-refractivity contribution in [1.82, 2.24) is 10.2 Å². The van der Waals surface area contributed by atoms with Crippen LogP contribution in [0, 0.1) is 12.8 Å². The molecular weight excluding hydrogens is 332 g/mol. The number of thiophene rings is 1. The fraction of sp³-hybridized carbons (Fsp3) is 0.450. The van der Waals surface area contributed by atoms with Crippen LogP contribution in [-0.4, -0.2) is 36.0 Å². The van der Waals surface area contributed by atoms with E-state index in [0.717, 1.165) is 10.8 Å². The van der Waals surface area contributed by atoms with Gasteiger partial charge in [-0.15, -0.1) is 11.3 Å². The molecule has 1 aromatic carbocycles. The quantitative estimate of drug-likeness (QED) is 0.898. The number of nitrogens with one attached hydrogen (secondary N) is 1. The van der Waals surface area contributed by atoms with Crippen molar-refractivity contribution in [2.45, 2.75) is 38.8 Å². The van der Waals surface area contributed by atoms with E-state index in [2.05, 4.69) is 24.1 Å². The molecule has 0 unspecified atom stereocenters. The molecular formula is C20H24N2O2S. The summed E-state index contributed by atoms with van der Waals surface area (Å²) in [7, 11) is 0. The van der Waals surface area contributed by atoms with Crippen LogP contribution in [0.25, 0.3) is 0 Å². The molecule has 3 aliphatic rings. The summed E-state index contributed by atoms with van der Waals surface area (Å²) < 4.78 is 5.82. The van der Waals surface area contributed by atoms with Crippen molar-refractivity contribution in [3.05, 3.63) is 46.8 Å². The molecule has 1 aromatic heterocycles. The third-order valence-corrected chi connectivity index (χ3v) is 6.40. The molecule has 0 radical (unpaired) electrons. The van der Waals surface area contributed by atoms with Crippen molar-refractivity contribution >= 4 is 17.2 Å². The van der Waals surface area contributed by atoms with Gasteiger partial charge in [0.15, 0.2) is 5.06 Å². The van der Waals surface area contributed by atoms with Gasteiger partial charge in [0.2, 0.25) is 0 Å². The summed E-state index contributed by atoms with van der Waals surface area (Å²) in [5, 5.41) is 4.14. The van der Waals surface area contributed by atoms with Crippen molar-refractivity contribution in [2.24, 2.45) is 5.92 Å². The lowest BCUT2D eigenvalue weighted by Gasteiger charge is -2.49. The number of piperidine rings is 3. The molecule has 132 valence electrons. The maximum atomic E-state index is 12.6. The fourth-order valence-corrected chi connectivity index (χ4v) is 4.76. The van der Waals surface area contributed by atoms with Gasteiger partial charge in [-0.05, 0) is 82.1 Å². The Bertz CT molecular complexity index is 745. The van der Waals surface area contributed by atoms with E-state index in [0.29, 0.717) is 17.5 Å². The van der Waals surface area contributed by atoms with Gasteiger partial charge < -0.3 is 10.1 Å². The molecule has 5 heteroatoms. The predicted molar refractivity (Wildman–Crippen MR) is 101 cm³/mol. The van der Waals surface area contributed by atoms with E-state index in [1.54, 1.807) is 11.3 Å². The zero-order chi connectivity index (χ0) is 17.4. The summed E-state index contributed by atoms with van der Waals surface area (Å²) in [5.41, 5.74) is 0.693. The lowest BCUT2D eigenvalue weighted by Crippen LogP contribution is -2.62. The van der Waals surface area contributed by atoms with E-state index in [-0.39, 0.29) is 11.9 Å². The molecule has 0 saturated carbocycles. The molecule has 3 aliphatic heterocycles. The van der Waals surface area contributed by atoms with Crippen LogP contribution in [0.1, 0.15) is 35.0 Å². The zero-order valence-electron chi connectivity index (χ0n) is 14.7. The molecule has 4 heterocycles. The number of amides is 1. The van der Waals surface area contributed by atoms with E-state index in [4.69, 9.17) is 4.74 Å². The van der Waals surface area contributed by atoms with Gasteiger partial charge in [0, 0.05) is 22.5 Å². The maximum Gasteiger partial charge on any atom is 0.251 e. The molecule has 0 aliphatic carbocycles. The third kappa shape index (κ3) is 3.44. The normalized spacial score (nSPS) is 27.9. The Morgan fingerprint density at radius 3 is 2.48 bits per heavy atom. The second-order valence-electron chi connectivity index (χ2n) is 7.10. The molecule has 0 spiro atoms. The molecule has 1 N–H and O–H groups in total. The van der Waals surface area contributed by atoms with E-state index in [9.17, 15) is 4.79 Å². The minimum absolute atomic E-state index is 0.0177.